The molecule has 31 heavy (non-hydrogen) atoms. The van der Waals surface area contributed by atoms with Crippen molar-refractivity contribution in [2.45, 2.75) is 29.6 Å². The van der Waals surface area contributed by atoms with Gasteiger partial charge in [-0.15, -0.1) is 10.2 Å². The minimum atomic E-state index is -4.56. The number of carbonyl (C=O) groups excluding carboxylic acids is 1. The van der Waals surface area contributed by atoms with E-state index in [0.717, 1.165) is 23.5 Å². The van der Waals surface area contributed by atoms with E-state index < -0.39 is 22.9 Å². The van der Waals surface area contributed by atoms with E-state index in [1.807, 2.05) is 31.2 Å². The SMILES string of the molecule is CCOc1ccccc1Nc1nnc(SC(C)C(=O)Nc2ccccc2C(F)(F)F)s1. The molecule has 3 rings (SSSR count). The van der Waals surface area contributed by atoms with Crippen molar-refractivity contribution in [1.29, 1.82) is 0 Å². The number of benzene rings is 2. The normalized spacial score (nSPS) is 12.3. The third-order valence-corrected chi connectivity index (χ3v) is 6.00. The van der Waals surface area contributed by atoms with Crippen molar-refractivity contribution in [3.63, 3.8) is 0 Å². The highest BCUT2D eigenvalue weighted by Gasteiger charge is 2.34. The Bertz CT molecular complexity index is 1040. The molecule has 0 saturated carbocycles. The molecule has 1 unspecified atom stereocenters. The van der Waals surface area contributed by atoms with Crippen molar-refractivity contribution in [3.8, 4) is 5.75 Å². The van der Waals surface area contributed by atoms with Crippen LogP contribution in [-0.2, 0) is 11.0 Å². The van der Waals surface area contributed by atoms with E-state index in [1.54, 1.807) is 6.92 Å². The van der Waals surface area contributed by atoms with Crippen LogP contribution in [0.5, 0.6) is 5.75 Å². The monoisotopic (exact) mass is 468 g/mol. The smallest absolute Gasteiger partial charge is 0.418 e. The average Bonchev–Trinajstić information content (AvgIpc) is 3.16. The molecule has 6 nitrogen and oxygen atoms in total. The number of hydrogen-bond donors (Lipinski definition) is 2. The summed E-state index contributed by atoms with van der Waals surface area (Å²) in [5, 5.41) is 13.4. The molecule has 0 aliphatic heterocycles. The van der Waals surface area contributed by atoms with E-state index >= 15 is 0 Å². The minimum Gasteiger partial charge on any atom is -0.492 e. The van der Waals surface area contributed by atoms with Crippen LogP contribution in [0.15, 0.2) is 52.9 Å². The van der Waals surface area contributed by atoms with Gasteiger partial charge in [-0.25, -0.2) is 0 Å². The molecule has 0 spiro atoms. The number of carbonyl (C=O) groups is 1. The van der Waals surface area contributed by atoms with Crippen LogP contribution < -0.4 is 15.4 Å². The first-order valence-corrected chi connectivity index (χ1v) is 10.9. The molecule has 1 amide bonds. The van der Waals surface area contributed by atoms with Gasteiger partial charge in [-0.1, -0.05) is 47.4 Å². The van der Waals surface area contributed by atoms with Crippen LogP contribution in [0.2, 0.25) is 0 Å². The predicted octanol–water partition coefficient (Wildman–Crippen LogP) is 5.82. The number of nitrogens with zero attached hydrogens (tertiary/aromatic N) is 2. The Balaban J connectivity index is 1.64. The van der Waals surface area contributed by atoms with Crippen LogP contribution in [-0.4, -0.2) is 28.0 Å². The van der Waals surface area contributed by atoms with E-state index in [-0.39, 0.29) is 5.69 Å². The maximum atomic E-state index is 13.1. The summed E-state index contributed by atoms with van der Waals surface area (Å²) in [6.07, 6.45) is -4.56. The van der Waals surface area contributed by atoms with E-state index in [0.29, 0.717) is 21.8 Å². The molecule has 164 valence electrons. The third-order valence-electron chi connectivity index (χ3n) is 3.97. The molecule has 11 heteroatoms. The molecule has 0 aliphatic carbocycles. The van der Waals surface area contributed by atoms with Crippen molar-refractivity contribution in [3.05, 3.63) is 54.1 Å². The molecule has 1 atom stereocenters. The first-order chi connectivity index (χ1) is 14.8. The van der Waals surface area contributed by atoms with E-state index in [9.17, 15) is 18.0 Å². The lowest BCUT2D eigenvalue weighted by molar-refractivity contribution is -0.137. The Kier molecular flexibility index (Phi) is 7.39. The van der Waals surface area contributed by atoms with Gasteiger partial charge in [0, 0.05) is 0 Å². The summed E-state index contributed by atoms with van der Waals surface area (Å²) in [6.45, 7) is 3.99. The summed E-state index contributed by atoms with van der Waals surface area (Å²) < 4.78 is 45.4. The van der Waals surface area contributed by atoms with Crippen molar-refractivity contribution in [1.82, 2.24) is 10.2 Å². The van der Waals surface area contributed by atoms with Crippen LogP contribution in [0.3, 0.4) is 0 Å². The van der Waals surface area contributed by atoms with Crippen molar-refractivity contribution in [2.24, 2.45) is 0 Å². The second kappa shape index (κ2) is 10.0. The van der Waals surface area contributed by atoms with Crippen LogP contribution in [0, 0.1) is 0 Å². The molecule has 0 saturated heterocycles. The summed E-state index contributed by atoms with van der Waals surface area (Å²) in [4.78, 5) is 12.4. The van der Waals surface area contributed by atoms with E-state index in [4.69, 9.17) is 4.74 Å². The molecule has 1 aromatic heterocycles. The Hall–Kier alpha value is -2.79. The fourth-order valence-corrected chi connectivity index (χ4v) is 4.46. The third kappa shape index (κ3) is 6.11. The number of nitrogens with one attached hydrogen (secondary N) is 2. The predicted molar refractivity (Wildman–Crippen MR) is 116 cm³/mol. The number of aromatic nitrogens is 2. The zero-order valence-corrected chi connectivity index (χ0v) is 18.2. The van der Waals surface area contributed by atoms with Gasteiger partial charge in [0.15, 0.2) is 4.34 Å². The molecule has 0 aliphatic rings. The first-order valence-electron chi connectivity index (χ1n) is 9.24. The first kappa shape index (κ1) is 22.9. The van der Waals surface area contributed by atoms with Gasteiger partial charge in [-0.2, -0.15) is 13.2 Å². The highest BCUT2D eigenvalue weighted by atomic mass is 32.2. The lowest BCUT2D eigenvalue weighted by Crippen LogP contribution is -2.24. The van der Waals surface area contributed by atoms with Crippen LogP contribution in [0.25, 0.3) is 0 Å². The minimum absolute atomic E-state index is 0.278. The van der Waals surface area contributed by atoms with Crippen LogP contribution in [0.4, 0.5) is 29.7 Å². The number of hydrogen-bond acceptors (Lipinski definition) is 7. The highest BCUT2D eigenvalue weighted by molar-refractivity contribution is 8.02. The standard InChI is InChI=1S/C20H19F3N4O2S2/c1-3-29-16-11-7-6-10-15(16)25-18-26-27-19(31-18)30-12(2)17(28)24-14-9-5-4-8-13(14)20(21,22)23/h4-12H,3H2,1-2H3,(H,24,28)(H,25,26). The number of anilines is 3. The number of alkyl halides is 3. The summed E-state index contributed by atoms with van der Waals surface area (Å²) in [6, 6.07) is 12.2. The van der Waals surface area contributed by atoms with Gasteiger partial charge in [-0.3, -0.25) is 4.79 Å². The molecular weight excluding hydrogens is 449 g/mol. The maximum absolute atomic E-state index is 13.1. The number of amides is 1. The molecule has 0 fully saturated rings. The van der Waals surface area contributed by atoms with Crippen LogP contribution >= 0.6 is 23.1 Å². The number of thioether (sulfide) groups is 1. The molecule has 3 aromatic rings. The van der Waals surface area contributed by atoms with Gasteiger partial charge in [0.2, 0.25) is 11.0 Å². The topological polar surface area (TPSA) is 76.1 Å². The highest BCUT2D eigenvalue weighted by Crippen LogP contribution is 2.36. The molecule has 0 radical (unpaired) electrons. The van der Waals surface area contributed by atoms with Crippen molar-refractivity contribution >= 4 is 45.5 Å². The van der Waals surface area contributed by atoms with E-state index in [1.165, 1.54) is 29.5 Å². The lowest BCUT2D eigenvalue weighted by atomic mass is 10.1. The van der Waals surface area contributed by atoms with Gasteiger partial charge >= 0.3 is 6.18 Å². The van der Waals surface area contributed by atoms with Crippen molar-refractivity contribution in [2.75, 3.05) is 17.2 Å². The Morgan fingerprint density at radius 1 is 1.13 bits per heavy atom. The summed E-state index contributed by atoms with van der Waals surface area (Å²) in [5.74, 6) is 0.110. The van der Waals surface area contributed by atoms with Gasteiger partial charge in [-0.05, 0) is 38.1 Å². The Morgan fingerprint density at radius 2 is 1.81 bits per heavy atom. The van der Waals surface area contributed by atoms with Gasteiger partial charge in [0.1, 0.15) is 5.75 Å². The number of para-hydroxylation sites is 3. The van der Waals surface area contributed by atoms with E-state index in [2.05, 4.69) is 20.8 Å². The Morgan fingerprint density at radius 3 is 2.52 bits per heavy atom. The van der Waals surface area contributed by atoms with Gasteiger partial charge in [0.05, 0.1) is 28.8 Å². The lowest BCUT2D eigenvalue weighted by Gasteiger charge is -2.15. The summed E-state index contributed by atoms with van der Waals surface area (Å²) >= 11 is 2.34. The number of halogens is 3. The number of ether oxygens (including phenoxy) is 1. The fourth-order valence-electron chi connectivity index (χ4n) is 2.55. The second-order valence-corrected chi connectivity index (χ2v) is 8.79. The molecule has 0 bridgehead atoms. The summed E-state index contributed by atoms with van der Waals surface area (Å²) in [7, 11) is 0. The molecular formula is C20H19F3N4O2S2. The maximum Gasteiger partial charge on any atom is 0.418 e. The quantitative estimate of drug-likeness (QED) is 0.406. The fraction of sp³-hybridized carbons (Fsp3) is 0.250. The molecule has 2 N–H and O–H groups in total. The van der Waals surface area contributed by atoms with Gasteiger partial charge in [0.25, 0.3) is 0 Å². The average molecular weight is 469 g/mol. The second-order valence-electron chi connectivity index (χ2n) is 6.22. The number of rotatable bonds is 8. The zero-order valence-electron chi connectivity index (χ0n) is 16.6. The van der Waals surface area contributed by atoms with Crippen LogP contribution in [0.1, 0.15) is 19.4 Å². The Labute approximate surface area is 185 Å². The largest absolute Gasteiger partial charge is 0.492 e. The zero-order chi connectivity index (χ0) is 22.4. The van der Waals surface area contributed by atoms with Crippen molar-refractivity contribution < 1.29 is 22.7 Å². The molecule has 2 aromatic carbocycles. The van der Waals surface area contributed by atoms with Gasteiger partial charge < -0.3 is 15.4 Å². The summed E-state index contributed by atoms with van der Waals surface area (Å²) in [5.41, 5.74) is -0.442. The molecule has 1 heterocycles.